The van der Waals surface area contributed by atoms with Crippen LogP contribution in [0.25, 0.3) is 0 Å². The van der Waals surface area contributed by atoms with Gasteiger partial charge in [0, 0.05) is 18.7 Å². The van der Waals surface area contributed by atoms with E-state index in [0.29, 0.717) is 24.3 Å². The Hall–Kier alpha value is -1.40. The van der Waals surface area contributed by atoms with Gasteiger partial charge in [0.1, 0.15) is 0 Å². The highest BCUT2D eigenvalue weighted by molar-refractivity contribution is 7.91. The molecule has 1 aliphatic rings. The van der Waals surface area contributed by atoms with E-state index in [1.54, 1.807) is 25.2 Å². The molecule has 1 heterocycles. The minimum Gasteiger partial charge on any atom is -0.326 e. The number of amides is 1. The minimum atomic E-state index is -3.24. The summed E-state index contributed by atoms with van der Waals surface area (Å²) in [5.74, 6) is 0.0579. The van der Waals surface area contributed by atoms with Crippen molar-refractivity contribution in [1.29, 1.82) is 0 Å². The average molecular weight is 268 g/mol. The summed E-state index contributed by atoms with van der Waals surface area (Å²) in [6, 6.07) is 4.88. The van der Waals surface area contributed by atoms with E-state index in [9.17, 15) is 13.2 Å². The number of rotatable bonds is 4. The third kappa shape index (κ3) is 2.70. The summed E-state index contributed by atoms with van der Waals surface area (Å²) in [6.07, 6.45) is 1.00. The lowest BCUT2D eigenvalue weighted by atomic mass is 10.0. The molecule has 0 aromatic heterocycles. The number of aryl methyl sites for hydroxylation is 1. The first kappa shape index (κ1) is 13.0. The summed E-state index contributed by atoms with van der Waals surface area (Å²) in [6.45, 7) is 0.427. The summed E-state index contributed by atoms with van der Waals surface area (Å²) in [5.41, 5.74) is 1.61. The predicted molar refractivity (Wildman–Crippen MR) is 69.4 cm³/mol. The molecule has 2 N–H and O–H groups in total. The fourth-order valence-corrected chi connectivity index (χ4v) is 3.21. The zero-order valence-corrected chi connectivity index (χ0v) is 11.0. The van der Waals surface area contributed by atoms with Crippen LogP contribution in [0, 0.1) is 0 Å². The normalized spacial score (nSPS) is 15.1. The van der Waals surface area contributed by atoms with Crippen LogP contribution < -0.4 is 10.6 Å². The lowest BCUT2D eigenvalue weighted by molar-refractivity contribution is -0.116. The van der Waals surface area contributed by atoms with Crippen molar-refractivity contribution in [2.24, 2.45) is 0 Å². The Morgan fingerprint density at radius 1 is 1.33 bits per heavy atom. The van der Waals surface area contributed by atoms with Crippen LogP contribution in [-0.2, 0) is 21.1 Å². The van der Waals surface area contributed by atoms with Gasteiger partial charge in [0.25, 0.3) is 0 Å². The molecule has 0 atom stereocenters. The van der Waals surface area contributed by atoms with Crippen LogP contribution in [0.1, 0.15) is 12.0 Å². The number of carbonyl (C=O) groups excluding carboxylic acids is 1. The molecular weight excluding hydrogens is 252 g/mol. The molecule has 18 heavy (non-hydrogen) atoms. The van der Waals surface area contributed by atoms with Crippen molar-refractivity contribution >= 4 is 21.4 Å². The molecule has 0 bridgehead atoms. The van der Waals surface area contributed by atoms with Crippen molar-refractivity contribution in [3.63, 3.8) is 0 Å². The zero-order chi connectivity index (χ0) is 13.2. The highest BCUT2D eigenvalue weighted by Gasteiger charge is 2.19. The number of fused-ring (bicyclic) bond motifs is 1. The Balaban J connectivity index is 2.29. The van der Waals surface area contributed by atoms with Gasteiger partial charge in [0.05, 0.1) is 10.6 Å². The Bertz CT molecular complexity index is 567. The van der Waals surface area contributed by atoms with E-state index in [2.05, 4.69) is 10.6 Å². The second-order valence-electron chi connectivity index (χ2n) is 4.29. The van der Waals surface area contributed by atoms with E-state index >= 15 is 0 Å². The molecule has 6 heteroatoms. The van der Waals surface area contributed by atoms with Gasteiger partial charge in [-0.2, -0.15) is 0 Å². The maximum atomic E-state index is 12.0. The van der Waals surface area contributed by atoms with Gasteiger partial charge in [0.2, 0.25) is 5.91 Å². The summed E-state index contributed by atoms with van der Waals surface area (Å²) < 4.78 is 24.0. The Kier molecular flexibility index (Phi) is 3.68. The molecule has 0 fully saturated rings. The summed E-state index contributed by atoms with van der Waals surface area (Å²) in [7, 11) is -1.52. The van der Waals surface area contributed by atoms with E-state index in [1.807, 2.05) is 0 Å². The molecule has 0 saturated carbocycles. The first-order valence-electron chi connectivity index (χ1n) is 5.83. The molecule has 0 aliphatic carbocycles. The molecular formula is C12H16N2O3S. The fourth-order valence-electron chi connectivity index (χ4n) is 1.91. The monoisotopic (exact) mass is 268 g/mol. The maximum Gasteiger partial charge on any atom is 0.224 e. The topological polar surface area (TPSA) is 75.3 Å². The van der Waals surface area contributed by atoms with Crippen molar-refractivity contribution in [3.8, 4) is 0 Å². The van der Waals surface area contributed by atoms with Crippen LogP contribution in [0.3, 0.4) is 0 Å². The van der Waals surface area contributed by atoms with E-state index in [0.717, 1.165) is 11.3 Å². The van der Waals surface area contributed by atoms with E-state index in [1.165, 1.54) is 0 Å². The van der Waals surface area contributed by atoms with Crippen molar-refractivity contribution < 1.29 is 13.2 Å². The van der Waals surface area contributed by atoms with Crippen LogP contribution >= 0.6 is 0 Å². The van der Waals surface area contributed by atoms with Gasteiger partial charge in [-0.3, -0.25) is 4.79 Å². The highest BCUT2D eigenvalue weighted by Crippen LogP contribution is 2.25. The van der Waals surface area contributed by atoms with Crippen molar-refractivity contribution in [2.75, 3.05) is 24.7 Å². The zero-order valence-electron chi connectivity index (χ0n) is 10.2. The number of hydrogen-bond donors (Lipinski definition) is 2. The molecule has 5 nitrogen and oxygen atoms in total. The smallest absolute Gasteiger partial charge is 0.224 e. The number of anilines is 1. The minimum absolute atomic E-state index is 0.0201. The quantitative estimate of drug-likeness (QED) is 0.837. The Morgan fingerprint density at radius 2 is 2.11 bits per heavy atom. The van der Waals surface area contributed by atoms with Crippen molar-refractivity contribution in [2.45, 2.75) is 17.7 Å². The van der Waals surface area contributed by atoms with Crippen LogP contribution in [0.2, 0.25) is 0 Å². The number of sulfone groups is 1. The fraction of sp³-hybridized carbons (Fsp3) is 0.417. The molecule has 1 aliphatic heterocycles. The lowest BCUT2D eigenvalue weighted by Gasteiger charge is -2.17. The van der Waals surface area contributed by atoms with Gasteiger partial charge in [-0.05, 0) is 37.2 Å². The van der Waals surface area contributed by atoms with Gasteiger partial charge in [-0.25, -0.2) is 8.42 Å². The molecule has 0 radical (unpaired) electrons. The Morgan fingerprint density at radius 3 is 2.83 bits per heavy atom. The van der Waals surface area contributed by atoms with Gasteiger partial charge in [-0.15, -0.1) is 0 Å². The van der Waals surface area contributed by atoms with E-state index in [4.69, 9.17) is 0 Å². The number of nitrogens with one attached hydrogen (secondary N) is 2. The first-order chi connectivity index (χ1) is 8.53. The lowest BCUT2D eigenvalue weighted by Crippen LogP contribution is -2.21. The maximum absolute atomic E-state index is 12.0. The average Bonchev–Trinajstić information content (AvgIpc) is 2.35. The molecule has 1 aromatic rings. The van der Waals surface area contributed by atoms with Gasteiger partial charge < -0.3 is 10.6 Å². The van der Waals surface area contributed by atoms with Crippen LogP contribution in [0.15, 0.2) is 23.1 Å². The van der Waals surface area contributed by atoms with Crippen LogP contribution in [0.5, 0.6) is 0 Å². The molecule has 0 spiro atoms. The van der Waals surface area contributed by atoms with Gasteiger partial charge >= 0.3 is 0 Å². The molecule has 1 aromatic carbocycles. The largest absolute Gasteiger partial charge is 0.326 e. The first-order valence-corrected chi connectivity index (χ1v) is 7.48. The highest BCUT2D eigenvalue weighted by atomic mass is 32.2. The second-order valence-corrected chi connectivity index (χ2v) is 6.40. The third-order valence-electron chi connectivity index (χ3n) is 2.95. The molecule has 0 unspecified atom stereocenters. The summed E-state index contributed by atoms with van der Waals surface area (Å²) in [4.78, 5) is 11.5. The summed E-state index contributed by atoms with van der Waals surface area (Å²) >= 11 is 0. The number of carbonyl (C=O) groups is 1. The van der Waals surface area contributed by atoms with E-state index < -0.39 is 9.84 Å². The molecule has 1 amide bonds. The molecule has 0 saturated heterocycles. The second kappa shape index (κ2) is 5.07. The standard InChI is InChI=1S/C12H16N2O3S/c1-13-6-7-18(16,17)10-3-4-11-9(8-10)2-5-12(15)14-11/h3-4,8,13H,2,5-7H2,1H3,(H,14,15). The number of benzene rings is 1. The third-order valence-corrected chi connectivity index (χ3v) is 4.67. The summed E-state index contributed by atoms with van der Waals surface area (Å²) in [5, 5.41) is 5.56. The SMILES string of the molecule is CNCCS(=O)(=O)c1ccc2c(c1)CCC(=O)N2. The van der Waals surface area contributed by atoms with Gasteiger partial charge in [-0.1, -0.05) is 0 Å². The van der Waals surface area contributed by atoms with Crippen molar-refractivity contribution in [1.82, 2.24) is 5.32 Å². The molecule has 2 rings (SSSR count). The number of hydrogen-bond acceptors (Lipinski definition) is 4. The predicted octanol–water partition coefficient (Wildman–Crippen LogP) is 0.564. The van der Waals surface area contributed by atoms with Gasteiger partial charge in [0.15, 0.2) is 9.84 Å². The van der Waals surface area contributed by atoms with E-state index in [-0.39, 0.29) is 11.7 Å². The molecule has 98 valence electrons. The Labute approximate surface area is 107 Å². The van der Waals surface area contributed by atoms with Crippen LogP contribution in [-0.4, -0.2) is 33.7 Å². The van der Waals surface area contributed by atoms with Crippen LogP contribution in [0.4, 0.5) is 5.69 Å². The van der Waals surface area contributed by atoms with Crippen molar-refractivity contribution in [3.05, 3.63) is 23.8 Å².